The van der Waals surface area contributed by atoms with Gasteiger partial charge in [0.1, 0.15) is 12.6 Å². The van der Waals surface area contributed by atoms with Crippen LogP contribution in [0.4, 0.5) is 0 Å². The molecule has 1 fully saturated rings. The molecule has 3 aromatic rings. The number of piperazine rings is 1. The van der Waals surface area contributed by atoms with E-state index in [1.807, 2.05) is 61.2 Å². The minimum Gasteiger partial charge on any atom is -0.356 e. The Morgan fingerprint density at radius 3 is 2.46 bits per heavy atom. The van der Waals surface area contributed by atoms with Crippen molar-refractivity contribution in [3.05, 3.63) is 71.4 Å². The summed E-state index contributed by atoms with van der Waals surface area (Å²) >= 11 is 0. The Morgan fingerprint density at radius 1 is 1.00 bits per heavy atom. The highest BCUT2D eigenvalue weighted by Gasteiger charge is 2.48. The molecule has 1 aromatic heterocycles. The van der Waals surface area contributed by atoms with Gasteiger partial charge < -0.3 is 14.8 Å². The number of para-hydroxylation sites is 1. The van der Waals surface area contributed by atoms with Crippen molar-refractivity contribution in [3.63, 3.8) is 0 Å². The van der Waals surface area contributed by atoms with Gasteiger partial charge >= 0.3 is 0 Å². The van der Waals surface area contributed by atoms with Gasteiger partial charge in [-0.05, 0) is 31.0 Å². The zero-order chi connectivity index (χ0) is 19.4. The van der Waals surface area contributed by atoms with E-state index in [0.717, 1.165) is 27.7 Å². The number of H-pyrrole nitrogens is 1. The van der Waals surface area contributed by atoms with Gasteiger partial charge in [0.05, 0.1) is 6.04 Å². The quantitative estimate of drug-likeness (QED) is 0.750. The molecule has 1 unspecified atom stereocenters. The molecule has 1 saturated heterocycles. The molecular weight excluding hydrogens is 350 g/mol. The van der Waals surface area contributed by atoms with Gasteiger partial charge in [0.15, 0.2) is 0 Å². The second-order valence-corrected chi connectivity index (χ2v) is 7.96. The maximum Gasteiger partial charge on any atom is 0.246 e. The second-order valence-electron chi connectivity index (χ2n) is 7.96. The molecule has 142 valence electrons. The first-order valence-corrected chi connectivity index (χ1v) is 9.82. The third kappa shape index (κ3) is 2.39. The minimum absolute atomic E-state index is 0.0106. The number of nitrogens with one attached hydrogen (secondary N) is 1. The third-order valence-electron chi connectivity index (χ3n) is 6.03. The first-order chi connectivity index (χ1) is 13.6. The van der Waals surface area contributed by atoms with Crippen LogP contribution in [0.25, 0.3) is 10.9 Å². The lowest BCUT2D eigenvalue weighted by Crippen LogP contribution is -2.64. The zero-order valence-corrected chi connectivity index (χ0v) is 16.1. The molecule has 2 aromatic carbocycles. The molecule has 2 atom stereocenters. The molecule has 5 rings (SSSR count). The number of rotatable bonds is 2. The number of nitrogens with zero attached hydrogens (tertiary/aromatic N) is 2. The van der Waals surface area contributed by atoms with Crippen LogP contribution in [0.2, 0.25) is 0 Å². The highest BCUT2D eigenvalue weighted by molar-refractivity contribution is 5.97. The average Bonchev–Trinajstić information content (AvgIpc) is 3.08. The third-order valence-corrected chi connectivity index (χ3v) is 6.03. The molecule has 0 radical (unpaired) electrons. The zero-order valence-electron chi connectivity index (χ0n) is 16.1. The van der Waals surface area contributed by atoms with Gasteiger partial charge in [-0.25, -0.2) is 0 Å². The van der Waals surface area contributed by atoms with Crippen LogP contribution in [0.15, 0.2) is 54.6 Å². The smallest absolute Gasteiger partial charge is 0.246 e. The molecule has 28 heavy (non-hydrogen) atoms. The van der Waals surface area contributed by atoms with Crippen molar-refractivity contribution in [2.45, 2.75) is 38.4 Å². The SMILES string of the molecule is CC(C)N1CC(=O)N2C(Cc3c([nH]c4ccccc34)[C@H]2c2ccccc2)C1=O. The van der Waals surface area contributed by atoms with Gasteiger partial charge in [-0.3, -0.25) is 9.59 Å². The van der Waals surface area contributed by atoms with Crippen molar-refractivity contribution in [2.24, 2.45) is 0 Å². The van der Waals surface area contributed by atoms with E-state index in [0.29, 0.717) is 6.42 Å². The normalized spacial score (nSPS) is 22.0. The highest BCUT2D eigenvalue weighted by atomic mass is 16.2. The van der Waals surface area contributed by atoms with E-state index in [9.17, 15) is 9.59 Å². The Balaban J connectivity index is 1.73. The predicted octanol–water partition coefficient (Wildman–Crippen LogP) is 3.26. The molecule has 0 bridgehead atoms. The van der Waals surface area contributed by atoms with E-state index in [-0.39, 0.29) is 30.4 Å². The number of aromatic amines is 1. The molecule has 2 aliphatic heterocycles. The standard InChI is InChI=1S/C23H23N3O2/c1-14(2)25-13-20(27)26-19(23(25)28)12-17-16-10-6-7-11-18(16)24-21(17)22(26)15-8-4-3-5-9-15/h3-11,14,19,22,24H,12-13H2,1-2H3/t19?,22-/m1/s1. The van der Waals surface area contributed by atoms with Gasteiger partial charge in [0, 0.05) is 29.1 Å². The number of carbonyl (C=O) groups is 2. The van der Waals surface area contributed by atoms with Crippen LogP contribution in [-0.2, 0) is 16.0 Å². The molecule has 3 heterocycles. The lowest BCUT2D eigenvalue weighted by molar-refractivity contribution is -0.160. The summed E-state index contributed by atoms with van der Waals surface area (Å²) in [5, 5.41) is 1.14. The Kier molecular flexibility index (Phi) is 3.79. The van der Waals surface area contributed by atoms with Crippen molar-refractivity contribution in [2.75, 3.05) is 6.54 Å². The van der Waals surface area contributed by atoms with Gasteiger partial charge in [-0.15, -0.1) is 0 Å². The number of benzene rings is 2. The summed E-state index contributed by atoms with van der Waals surface area (Å²) < 4.78 is 0. The van der Waals surface area contributed by atoms with Crippen LogP contribution in [0.3, 0.4) is 0 Å². The van der Waals surface area contributed by atoms with Crippen molar-refractivity contribution in [1.82, 2.24) is 14.8 Å². The van der Waals surface area contributed by atoms with Crippen molar-refractivity contribution in [3.8, 4) is 0 Å². The number of amides is 2. The maximum atomic E-state index is 13.3. The van der Waals surface area contributed by atoms with Gasteiger partial charge in [-0.2, -0.15) is 0 Å². The lowest BCUT2D eigenvalue weighted by atomic mass is 9.86. The molecule has 2 aliphatic rings. The number of aromatic nitrogens is 1. The fourth-order valence-corrected chi connectivity index (χ4v) is 4.71. The summed E-state index contributed by atoms with van der Waals surface area (Å²) in [7, 11) is 0. The molecule has 0 spiro atoms. The lowest BCUT2D eigenvalue weighted by Gasteiger charge is -2.48. The van der Waals surface area contributed by atoms with Crippen molar-refractivity contribution in [1.29, 1.82) is 0 Å². The summed E-state index contributed by atoms with van der Waals surface area (Å²) in [5.41, 5.74) is 4.26. The molecule has 2 amide bonds. The van der Waals surface area contributed by atoms with Crippen LogP contribution in [0.1, 0.15) is 36.7 Å². The molecule has 5 nitrogen and oxygen atoms in total. The summed E-state index contributed by atoms with van der Waals surface area (Å²) in [5.74, 6) is 0.0583. The topological polar surface area (TPSA) is 56.4 Å². The number of carbonyl (C=O) groups excluding carboxylic acids is 2. The summed E-state index contributed by atoms with van der Waals surface area (Å²) in [6.07, 6.45) is 0.552. The first-order valence-electron chi connectivity index (χ1n) is 9.82. The highest BCUT2D eigenvalue weighted by Crippen LogP contribution is 2.42. The number of hydrogen-bond acceptors (Lipinski definition) is 2. The van der Waals surface area contributed by atoms with E-state index in [1.165, 1.54) is 0 Å². The molecule has 0 aliphatic carbocycles. The Bertz CT molecular complexity index is 1070. The Labute approximate surface area is 163 Å². The number of fused-ring (bicyclic) bond motifs is 4. The van der Waals surface area contributed by atoms with Gasteiger partial charge in [0.2, 0.25) is 11.8 Å². The average molecular weight is 373 g/mol. The fourth-order valence-electron chi connectivity index (χ4n) is 4.71. The van der Waals surface area contributed by atoms with Crippen molar-refractivity contribution >= 4 is 22.7 Å². The summed E-state index contributed by atoms with van der Waals surface area (Å²) in [6.45, 7) is 4.08. The number of hydrogen-bond donors (Lipinski definition) is 1. The van der Waals surface area contributed by atoms with Gasteiger partial charge in [0.25, 0.3) is 0 Å². The summed E-state index contributed by atoms with van der Waals surface area (Å²) in [4.78, 5) is 33.6. The second kappa shape index (κ2) is 6.23. The van der Waals surface area contributed by atoms with E-state index in [4.69, 9.17) is 0 Å². The molecule has 1 N–H and O–H groups in total. The summed E-state index contributed by atoms with van der Waals surface area (Å²) in [6, 6.07) is 17.5. The molecule has 5 heteroatoms. The minimum atomic E-state index is -0.458. The van der Waals surface area contributed by atoms with E-state index in [1.54, 1.807) is 4.90 Å². The monoisotopic (exact) mass is 373 g/mol. The first kappa shape index (κ1) is 17.0. The van der Waals surface area contributed by atoms with Crippen LogP contribution in [0.5, 0.6) is 0 Å². The van der Waals surface area contributed by atoms with E-state index in [2.05, 4.69) is 17.1 Å². The van der Waals surface area contributed by atoms with Crippen molar-refractivity contribution < 1.29 is 9.59 Å². The molecule has 0 saturated carbocycles. The van der Waals surface area contributed by atoms with E-state index < -0.39 is 6.04 Å². The van der Waals surface area contributed by atoms with Crippen LogP contribution < -0.4 is 0 Å². The Hall–Kier alpha value is -3.08. The fraction of sp³-hybridized carbons (Fsp3) is 0.304. The van der Waals surface area contributed by atoms with Crippen LogP contribution in [-0.4, -0.2) is 45.2 Å². The van der Waals surface area contributed by atoms with Crippen LogP contribution >= 0.6 is 0 Å². The van der Waals surface area contributed by atoms with Crippen LogP contribution in [0, 0.1) is 0 Å². The predicted molar refractivity (Wildman–Crippen MR) is 108 cm³/mol. The van der Waals surface area contributed by atoms with E-state index >= 15 is 0 Å². The maximum absolute atomic E-state index is 13.3. The molecular formula is C23H23N3O2. The largest absolute Gasteiger partial charge is 0.356 e. The van der Waals surface area contributed by atoms with Gasteiger partial charge in [-0.1, -0.05) is 48.5 Å². The Morgan fingerprint density at radius 2 is 1.71 bits per heavy atom.